The van der Waals surface area contributed by atoms with E-state index in [4.69, 9.17) is 15.2 Å². The highest BCUT2D eigenvalue weighted by atomic mass is 32.1. The third-order valence-corrected chi connectivity index (χ3v) is 4.78. The summed E-state index contributed by atoms with van der Waals surface area (Å²) in [7, 11) is 3.14. The molecule has 0 fully saturated rings. The summed E-state index contributed by atoms with van der Waals surface area (Å²) in [6, 6.07) is 7.46. The number of nitrogens with one attached hydrogen (secondary N) is 2. The Kier molecular flexibility index (Phi) is 4.47. The summed E-state index contributed by atoms with van der Waals surface area (Å²) in [6.07, 6.45) is 0. The first-order valence-electron chi connectivity index (χ1n) is 8.06. The first-order chi connectivity index (χ1) is 13.2. The van der Waals surface area contributed by atoms with Gasteiger partial charge in [0.1, 0.15) is 11.6 Å². The van der Waals surface area contributed by atoms with E-state index in [0.717, 1.165) is 4.88 Å². The standard InChI is InChI=1S/C17H17N7O2S/c1-25-11-6-9-10(7-12(11)26-2)20-17(22-15(9)18)19-8-14-21-16(24-23-14)13-4-3-5-27-13/h3-7H,8H2,1-2H3,(H,21,23,24)(H3,18,19,20,22). The van der Waals surface area contributed by atoms with Gasteiger partial charge in [-0.15, -0.1) is 11.3 Å². The second-order valence-corrected chi connectivity index (χ2v) is 6.54. The summed E-state index contributed by atoms with van der Waals surface area (Å²) in [5.41, 5.74) is 6.74. The van der Waals surface area contributed by atoms with Crippen molar-refractivity contribution in [2.24, 2.45) is 0 Å². The predicted molar refractivity (Wildman–Crippen MR) is 104 cm³/mol. The molecule has 0 unspecified atom stereocenters. The number of anilines is 2. The average molecular weight is 383 g/mol. The fraction of sp³-hybridized carbons (Fsp3) is 0.176. The molecule has 0 radical (unpaired) electrons. The van der Waals surface area contributed by atoms with Crippen molar-refractivity contribution in [2.45, 2.75) is 6.54 Å². The minimum atomic E-state index is 0.347. The number of aromatic amines is 1. The van der Waals surface area contributed by atoms with E-state index < -0.39 is 0 Å². The lowest BCUT2D eigenvalue weighted by molar-refractivity contribution is 0.356. The third-order valence-electron chi connectivity index (χ3n) is 3.92. The van der Waals surface area contributed by atoms with Crippen LogP contribution in [0.2, 0.25) is 0 Å². The smallest absolute Gasteiger partial charge is 0.225 e. The zero-order chi connectivity index (χ0) is 18.8. The van der Waals surface area contributed by atoms with E-state index in [9.17, 15) is 0 Å². The molecule has 3 heterocycles. The molecule has 0 saturated carbocycles. The number of H-pyrrole nitrogens is 1. The normalized spacial score (nSPS) is 10.9. The van der Waals surface area contributed by atoms with E-state index in [1.54, 1.807) is 37.7 Å². The van der Waals surface area contributed by atoms with Crippen LogP contribution in [0.5, 0.6) is 11.5 Å². The number of hydrogen-bond donors (Lipinski definition) is 3. The molecule has 27 heavy (non-hydrogen) atoms. The lowest BCUT2D eigenvalue weighted by Gasteiger charge is -2.11. The van der Waals surface area contributed by atoms with Gasteiger partial charge >= 0.3 is 0 Å². The van der Waals surface area contributed by atoms with Gasteiger partial charge in [-0.3, -0.25) is 5.10 Å². The molecule has 0 amide bonds. The van der Waals surface area contributed by atoms with Crippen LogP contribution in [0.25, 0.3) is 21.6 Å². The lowest BCUT2D eigenvalue weighted by Crippen LogP contribution is -2.07. The average Bonchev–Trinajstić information content (AvgIpc) is 3.37. The maximum Gasteiger partial charge on any atom is 0.225 e. The van der Waals surface area contributed by atoms with E-state index in [2.05, 4.69) is 30.5 Å². The van der Waals surface area contributed by atoms with Crippen molar-refractivity contribution in [3.63, 3.8) is 0 Å². The van der Waals surface area contributed by atoms with Crippen molar-refractivity contribution < 1.29 is 9.47 Å². The number of thiophene rings is 1. The van der Waals surface area contributed by atoms with Crippen LogP contribution in [-0.2, 0) is 6.54 Å². The fourth-order valence-electron chi connectivity index (χ4n) is 2.61. The Morgan fingerprint density at radius 3 is 2.70 bits per heavy atom. The molecule has 0 aliphatic rings. The molecule has 0 spiro atoms. The highest BCUT2D eigenvalue weighted by Crippen LogP contribution is 2.33. The van der Waals surface area contributed by atoms with Gasteiger partial charge in [0.05, 0.1) is 31.2 Å². The largest absolute Gasteiger partial charge is 0.493 e. The third kappa shape index (κ3) is 3.34. The molecule has 0 bridgehead atoms. The summed E-state index contributed by atoms with van der Waals surface area (Å²) < 4.78 is 10.6. The van der Waals surface area contributed by atoms with Gasteiger partial charge in [0, 0.05) is 11.5 Å². The van der Waals surface area contributed by atoms with E-state index in [0.29, 0.717) is 52.4 Å². The summed E-state index contributed by atoms with van der Waals surface area (Å²) in [5, 5.41) is 12.9. The molecule has 138 valence electrons. The minimum absolute atomic E-state index is 0.347. The van der Waals surface area contributed by atoms with E-state index in [-0.39, 0.29) is 0 Å². The van der Waals surface area contributed by atoms with Crippen LogP contribution in [0.4, 0.5) is 11.8 Å². The van der Waals surface area contributed by atoms with Crippen molar-refractivity contribution in [3.8, 4) is 22.2 Å². The number of aromatic nitrogens is 5. The van der Waals surface area contributed by atoms with E-state index >= 15 is 0 Å². The van der Waals surface area contributed by atoms with Gasteiger partial charge in [0.2, 0.25) is 5.95 Å². The zero-order valence-electron chi connectivity index (χ0n) is 14.7. The molecule has 1 aromatic carbocycles. The number of hydrogen-bond acceptors (Lipinski definition) is 9. The highest BCUT2D eigenvalue weighted by molar-refractivity contribution is 7.13. The molecular formula is C17H17N7O2S. The zero-order valence-corrected chi connectivity index (χ0v) is 15.5. The molecule has 3 aromatic heterocycles. The Morgan fingerprint density at radius 1 is 1.15 bits per heavy atom. The first-order valence-corrected chi connectivity index (χ1v) is 8.94. The molecule has 4 N–H and O–H groups in total. The van der Waals surface area contributed by atoms with E-state index in [1.807, 2.05) is 17.5 Å². The molecule has 4 rings (SSSR count). The molecule has 4 aromatic rings. The van der Waals surface area contributed by atoms with Gasteiger partial charge < -0.3 is 20.5 Å². The van der Waals surface area contributed by atoms with Crippen molar-refractivity contribution in [2.75, 3.05) is 25.3 Å². The van der Waals surface area contributed by atoms with Crippen molar-refractivity contribution in [3.05, 3.63) is 35.5 Å². The molecule has 9 nitrogen and oxygen atoms in total. The van der Waals surface area contributed by atoms with Crippen molar-refractivity contribution >= 4 is 34.0 Å². The predicted octanol–water partition coefficient (Wildman–Crippen LogP) is 2.69. The van der Waals surface area contributed by atoms with Crippen LogP contribution in [0.3, 0.4) is 0 Å². The molecule has 0 saturated heterocycles. The van der Waals surface area contributed by atoms with Gasteiger partial charge in [-0.05, 0) is 17.5 Å². The number of benzene rings is 1. The molecular weight excluding hydrogens is 366 g/mol. The molecule has 0 aliphatic carbocycles. The second kappa shape index (κ2) is 7.08. The van der Waals surface area contributed by atoms with Crippen LogP contribution in [0.1, 0.15) is 5.82 Å². The van der Waals surface area contributed by atoms with Gasteiger partial charge in [-0.25, -0.2) is 9.97 Å². The number of nitrogens with two attached hydrogens (primary N) is 1. The first kappa shape index (κ1) is 17.0. The molecule has 0 atom stereocenters. The Bertz CT molecular complexity index is 1080. The minimum Gasteiger partial charge on any atom is -0.493 e. The van der Waals surface area contributed by atoms with Crippen molar-refractivity contribution in [1.29, 1.82) is 0 Å². The van der Waals surface area contributed by atoms with E-state index in [1.165, 1.54) is 0 Å². The summed E-state index contributed by atoms with van der Waals surface area (Å²) in [5.74, 6) is 3.22. The highest BCUT2D eigenvalue weighted by Gasteiger charge is 2.12. The number of methoxy groups -OCH3 is 2. The molecule has 0 aliphatic heterocycles. The Balaban J connectivity index is 1.57. The topological polar surface area (TPSA) is 124 Å². The number of rotatable bonds is 6. The van der Waals surface area contributed by atoms with Gasteiger partial charge in [0.25, 0.3) is 0 Å². The van der Waals surface area contributed by atoms with Crippen LogP contribution in [0, 0.1) is 0 Å². The maximum absolute atomic E-state index is 6.09. The number of fused-ring (bicyclic) bond motifs is 1. The quantitative estimate of drug-likeness (QED) is 0.464. The Labute approximate surface area is 158 Å². The summed E-state index contributed by atoms with van der Waals surface area (Å²) >= 11 is 1.58. The van der Waals surface area contributed by atoms with Crippen LogP contribution in [0.15, 0.2) is 29.6 Å². The van der Waals surface area contributed by atoms with Gasteiger partial charge in [-0.2, -0.15) is 10.1 Å². The second-order valence-electron chi connectivity index (χ2n) is 5.59. The van der Waals surface area contributed by atoms with Crippen LogP contribution < -0.4 is 20.5 Å². The number of nitrogen functional groups attached to an aromatic ring is 1. The fourth-order valence-corrected chi connectivity index (χ4v) is 3.27. The number of nitrogens with zero attached hydrogens (tertiary/aromatic N) is 4. The van der Waals surface area contributed by atoms with Gasteiger partial charge in [0.15, 0.2) is 17.3 Å². The van der Waals surface area contributed by atoms with Gasteiger partial charge in [-0.1, -0.05) is 6.07 Å². The SMILES string of the molecule is COc1cc2nc(NCc3nc(-c4cccs4)n[nH]3)nc(N)c2cc1OC. The maximum atomic E-state index is 6.09. The van der Waals surface area contributed by atoms with Crippen molar-refractivity contribution in [1.82, 2.24) is 25.1 Å². The Morgan fingerprint density at radius 2 is 1.96 bits per heavy atom. The monoisotopic (exact) mass is 383 g/mol. The van der Waals surface area contributed by atoms with Crippen LogP contribution >= 0.6 is 11.3 Å². The van der Waals surface area contributed by atoms with Crippen LogP contribution in [-0.4, -0.2) is 39.4 Å². The lowest BCUT2D eigenvalue weighted by atomic mass is 10.2. The Hall–Kier alpha value is -3.40. The summed E-state index contributed by atoms with van der Waals surface area (Å²) in [4.78, 5) is 14.3. The number of ether oxygens (including phenoxy) is 2. The summed E-state index contributed by atoms with van der Waals surface area (Å²) in [6.45, 7) is 0.386. The molecule has 10 heteroatoms.